The van der Waals surface area contributed by atoms with Crippen molar-refractivity contribution in [3.8, 4) is 34.5 Å². The van der Waals surface area contributed by atoms with E-state index in [2.05, 4.69) is 15.6 Å². The summed E-state index contributed by atoms with van der Waals surface area (Å²) in [6.45, 7) is 1.69. The van der Waals surface area contributed by atoms with Gasteiger partial charge in [0.25, 0.3) is 11.8 Å². The van der Waals surface area contributed by atoms with Crippen LogP contribution >= 0.6 is 0 Å². The first-order chi connectivity index (χ1) is 19.7. The molecule has 2 amide bonds. The van der Waals surface area contributed by atoms with Crippen LogP contribution in [-0.4, -0.2) is 50.3 Å². The highest BCUT2D eigenvalue weighted by molar-refractivity contribution is 6.06. The van der Waals surface area contributed by atoms with Crippen LogP contribution in [-0.2, 0) is 9.53 Å². The van der Waals surface area contributed by atoms with Crippen LogP contribution in [0.4, 0.5) is 11.4 Å². The third-order valence-corrected chi connectivity index (χ3v) is 6.24. The minimum Gasteiger partial charge on any atom is -0.504 e. The summed E-state index contributed by atoms with van der Waals surface area (Å²) in [5.41, 5.74) is 1.10. The highest BCUT2D eigenvalue weighted by Gasteiger charge is 2.35. The standard InChI is InChI=1S/C30H25N3O8/c1-16-25(33-30(40-16)22-5-3-7-24(35)27(22)37)29(39)32-18-10-14-20(15-11-18)41-19-12-8-17(9-13-19)31-28(38)21-4-2-6-23(34)26(21)36/h2-16,25,34-37H,1H3,(H,31,38)(H,32,39). The Balaban J connectivity index is 1.18. The van der Waals surface area contributed by atoms with Crippen molar-refractivity contribution < 1.29 is 39.5 Å². The molecular weight excluding hydrogens is 530 g/mol. The van der Waals surface area contributed by atoms with E-state index in [9.17, 15) is 30.0 Å². The molecule has 5 rings (SSSR count). The largest absolute Gasteiger partial charge is 0.504 e. The molecule has 0 bridgehead atoms. The number of carbonyl (C=O) groups is 2. The van der Waals surface area contributed by atoms with Gasteiger partial charge in [-0.05, 0) is 79.7 Å². The van der Waals surface area contributed by atoms with Crippen molar-refractivity contribution in [3.05, 3.63) is 96.1 Å². The summed E-state index contributed by atoms with van der Waals surface area (Å²) in [6.07, 6.45) is -0.590. The first kappa shape index (κ1) is 26.9. The number of benzene rings is 4. The number of aliphatic imine (C=N–C) groups is 1. The molecule has 0 aromatic heterocycles. The Bertz CT molecular complexity index is 1640. The number of para-hydroxylation sites is 2. The van der Waals surface area contributed by atoms with Gasteiger partial charge in [-0.15, -0.1) is 0 Å². The van der Waals surface area contributed by atoms with Gasteiger partial charge < -0.3 is 40.5 Å². The maximum Gasteiger partial charge on any atom is 0.259 e. The van der Waals surface area contributed by atoms with Gasteiger partial charge in [0.15, 0.2) is 29.0 Å². The number of ether oxygens (including phenoxy) is 2. The molecule has 0 aliphatic carbocycles. The van der Waals surface area contributed by atoms with E-state index < -0.39 is 29.7 Å². The van der Waals surface area contributed by atoms with Crippen LogP contribution in [0.15, 0.2) is 89.9 Å². The van der Waals surface area contributed by atoms with Crippen molar-refractivity contribution in [3.63, 3.8) is 0 Å². The first-order valence-corrected chi connectivity index (χ1v) is 12.5. The number of nitrogens with zero attached hydrogens (tertiary/aromatic N) is 1. The van der Waals surface area contributed by atoms with Gasteiger partial charge >= 0.3 is 0 Å². The molecule has 6 N–H and O–H groups in total. The quantitative estimate of drug-likeness (QED) is 0.178. The smallest absolute Gasteiger partial charge is 0.259 e. The summed E-state index contributed by atoms with van der Waals surface area (Å²) >= 11 is 0. The number of phenolic OH excluding ortho intramolecular Hbond substituents is 4. The second-order valence-electron chi connectivity index (χ2n) is 9.14. The predicted molar refractivity (Wildman–Crippen MR) is 150 cm³/mol. The zero-order chi connectivity index (χ0) is 29.1. The van der Waals surface area contributed by atoms with Crippen LogP contribution in [0, 0.1) is 0 Å². The van der Waals surface area contributed by atoms with Crippen LogP contribution in [0.2, 0.25) is 0 Å². The zero-order valence-corrected chi connectivity index (χ0v) is 21.6. The highest BCUT2D eigenvalue weighted by Crippen LogP contribution is 2.32. The number of nitrogens with one attached hydrogen (secondary N) is 2. The van der Waals surface area contributed by atoms with Gasteiger partial charge in [-0.25, -0.2) is 4.99 Å². The Kier molecular flexibility index (Phi) is 7.33. The second kappa shape index (κ2) is 11.2. The third kappa shape index (κ3) is 5.83. The molecule has 0 saturated heterocycles. The molecule has 4 aromatic carbocycles. The highest BCUT2D eigenvalue weighted by atomic mass is 16.5. The molecule has 11 nitrogen and oxygen atoms in total. The van der Waals surface area contributed by atoms with E-state index in [1.165, 1.54) is 36.4 Å². The van der Waals surface area contributed by atoms with Gasteiger partial charge in [0.05, 0.1) is 11.1 Å². The third-order valence-electron chi connectivity index (χ3n) is 6.24. The molecule has 1 aliphatic heterocycles. The van der Waals surface area contributed by atoms with E-state index in [0.717, 1.165) is 0 Å². The fourth-order valence-electron chi connectivity index (χ4n) is 4.09. The minimum absolute atomic E-state index is 0.0598. The van der Waals surface area contributed by atoms with E-state index in [1.54, 1.807) is 55.5 Å². The lowest BCUT2D eigenvalue weighted by atomic mass is 10.1. The summed E-state index contributed by atoms with van der Waals surface area (Å²) in [7, 11) is 0. The van der Waals surface area contributed by atoms with E-state index in [0.29, 0.717) is 22.9 Å². The molecule has 208 valence electrons. The normalized spacial score (nSPS) is 15.9. The Morgan fingerprint density at radius 2 is 1.32 bits per heavy atom. The van der Waals surface area contributed by atoms with Crippen molar-refractivity contribution in [2.45, 2.75) is 19.1 Å². The number of amides is 2. The number of carbonyl (C=O) groups excluding carboxylic acids is 2. The van der Waals surface area contributed by atoms with Crippen LogP contribution in [0.25, 0.3) is 0 Å². The summed E-state index contributed by atoms with van der Waals surface area (Å²) < 4.78 is 11.5. The molecule has 0 saturated carbocycles. The molecule has 0 radical (unpaired) electrons. The molecule has 2 unspecified atom stereocenters. The number of hydrogen-bond acceptors (Lipinski definition) is 9. The molecule has 0 fully saturated rings. The Morgan fingerprint density at radius 3 is 1.95 bits per heavy atom. The van der Waals surface area contributed by atoms with Gasteiger partial charge in [0, 0.05) is 11.4 Å². The number of phenols is 4. The molecule has 1 heterocycles. The monoisotopic (exact) mass is 555 g/mol. The fraction of sp³-hybridized carbons (Fsp3) is 0.100. The predicted octanol–water partition coefficient (Wildman–Crippen LogP) is 4.73. The molecule has 0 spiro atoms. The van der Waals surface area contributed by atoms with E-state index in [-0.39, 0.29) is 34.3 Å². The van der Waals surface area contributed by atoms with Gasteiger partial charge in [-0.1, -0.05) is 12.1 Å². The number of rotatable bonds is 7. The number of hydrogen-bond donors (Lipinski definition) is 6. The van der Waals surface area contributed by atoms with Crippen molar-refractivity contribution >= 4 is 29.1 Å². The lowest BCUT2D eigenvalue weighted by Crippen LogP contribution is -2.32. The van der Waals surface area contributed by atoms with Gasteiger partial charge in [-0.2, -0.15) is 0 Å². The fourth-order valence-corrected chi connectivity index (χ4v) is 4.09. The van der Waals surface area contributed by atoms with Crippen molar-refractivity contribution in [2.75, 3.05) is 10.6 Å². The summed E-state index contributed by atoms with van der Waals surface area (Å²) in [6, 6.07) is 20.9. The molecule has 11 heteroatoms. The van der Waals surface area contributed by atoms with Crippen LogP contribution in [0.1, 0.15) is 22.8 Å². The topological polar surface area (TPSA) is 170 Å². The minimum atomic E-state index is -0.863. The molecule has 4 aromatic rings. The molecule has 41 heavy (non-hydrogen) atoms. The van der Waals surface area contributed by atoms with Crippen LogP contribution < -0.4 is 15.4 Å². The van der Waals surface area contributed by atoms with Crippen molar-refractivity contribution in [1.82, 2.24) is 0 Å². The Morgan fingerprint density at radius 1 is 0.756 bits per heavy atom. The van der Waals surface area contributed by atoms with Gasteiger partial charge in [-0.3, -0.25) is 9.59 Å². The van der Waals surface area contributed by atoms with Gasteiger partial charge in [0.2, 0.25) is 5.90 Å². The second-order valence-corrected chi connectivity index (χ2v) is 9.14. The van der Waals surface area contributed by atoms with E-state index >= 15 is 0 Å². The Labute approximate surface area is 234 Å². The average molecular weight is 556 g/mol. The number of anilines is 2. The summed E-state index contributed by atoms with van der Waals surface area (Å²) in [5.74, 6) is -1.49. The lowest BCUT2D eigenvalue weighted by Gasteiger charge is -2.13. The van der Waals surface area contributed by atoms with E-state index in [1.807, 2.05) is 0 Å². The maximum absolute atomic E-state index is 12.9. The molecule has 1 aliphatic rings. The Hall–Kier alpha value is -5.71. The first-order valence-electron chi connectivity index (χ1n) is 12.5. The van der Waals surface area contributed by atoms with Gasteiger partial charge in [0.1, 0.15) is 17.6 Å². The van der Waals surface area contributed by atoms with Crippen LogP contribution in [0.3, 0.4) is 0 Å². The zero-order valence-electron chi connectivity index (χ0n) is 21.6. The maximum atomic E-state index is 12.9. The van der Waals surface area contributed by atoms with Crippen LogP contribution in [0.5, 0.6) is 34.5 Å². The van der Waals surface area contributed by atoms with Crippen molar-refractivity contribution in [2.24, 2.45) is 4.99 Å². The molecule has 2 atom stereocenters. The summed E-state index contributed by atoms with van der Waals surface area (Å²) in [4.78, 5) is 29.6. The number of aromatic hydroxyl groups is 4. The average Bonchev–Trinajstić information content (AvgIpc) is 3.35. The van der Waals surface area contributed by atoms with Crippen molar-refractivity contribution in [1.29, 1.82) is 0 Å². The van der Waals surface area contributed by atoms with E-state index in [4.69, 9.17) is 9.47 Å². The molecular formula is C30H25N3O8. The summed E-state index contributed by atoms with van der Waals surface area (Å²) in [5, 5.41) is 44.7. The lowest BCUT2D eigenvalue weighted by molar-refractivity contribution is -0.118. The SMILES string of the molecule is CC1OC(c2cccc(O)c2O)=NC1C(=O)Nc1ccc(Oc2ccc(NC(=O)c3cccc(O)c3O)cc2)cc1.